The molecule has 1 aliphatic rings. The second-order valence-corrected chi connectivity index (χ2v) is 5.52. The summed E-state index contributed by atoms with van der Waals surface area (Å²) in [4.78, 5) is 14.4. The summed E-state index contributed by atoms with van der Waals surface area (Å²) < 4.78 is 0. The molecule has 0 aliphatic carbocycles. The highest BCUT2D eigenvalue weighted by Gasteiger charge is 2.30. The number of carbonyl (C=O) groups excluding carboxylic acids is 1. The molecule has 1 saturated heterocycles. The first kappa shape index (κ1) is 11.6. The van der Waals surface area contributed by atoms with E-state index < -0.39 is 0 Å². The molecule has 0 bridgehead atoms. The third-order valence-corrected chi connectivity index (χ3v) is 4.20. The van der Waals surface area contributed by atoms with E-state index in [2.05, 4.69) is 0 Å². The van der Waals surface area contributed by atoms with Crippen LogP contribution in [0.1, 0.15) is 6.42 Å². The Hall–Kier alpha value is -0.870. The van der Waals surface area contributed by atoms with Crippen LogP contribution in [-0.4, -0.2) is 29.6 Å². The zero-order valence-electron chi connectivity index (χ0n) is 8.94. The third-order valence-electron chi connectivity index (χ3n) is 2.62. The molecule has 86 valence electrons. The average molecular weight is 257 g/mol. The fraction of sp³-hybridized carbons (Fsp3) is 0.364. The average Bonchev–Trinajstić information content (AvgIpc) is 2.54. The van der Waals surface area contributed by atoms with Crippen LogP contribution in [0.3, 0.4) is 0 Å². The number of benzene rings is 1. The molecule has 5 heteroatoms. The van der Waals surface area contributed by atoms with Crippen molar-refractivity contribution in [1.82, 2.24) is 4.90 Å². The highest BCUT2D eigenvalue weighted by atomic mass is 35.5. The van der Waals surface area contributed by atoms with Crippen molar-refractivity contribution in [3.63, 3.8) is 0 Å². The molecule has 3 nitrogen and oxygen atoms in total. The van der Waals surface area contributed by atoms with E-state index in [0.29, 0.717) is 10.7 Å². The van der Waals surface area contributed by atoms with Gasteiger partial charge in [0.25, 0.3) is 0 Å². The second kappa shape index (κ2) is 4.55. The predicted molar refractivity (Wildman–Crippen MR) is 67.8 cm³/mol. The van der Waals surface area contributed by atoms with E-state index in [1.807, 2.05) is 13.1 Å². The molecular formula is C11H13ClN2OS. The van der Waals surface area contributed by atoms with Crippen LogP contribution in [0.4, 0.5) is 5.69 Å². The molecule has 2 rings (SSSR count). The third kappa shape index (κ3) is 2.28. The number of hydrogen-bond donors (Lipinski definition) is 1. The van der Waals surface area contributed by atoms with Crippen LogP contribution in [0.2, 0.25) is 5.02 Å². The Morgan fingerprint density at radius 1 is 1.56 bits per heavy atom. The summed E-state index contributed by atoms with van der Waals surface area (Å²) in [6, 6.07) is 5.38. The number of amides is 1. The number of rotatable bonds is 2. The SMILES string of the molecule is CN1CC[C@H](Sc2ccc(Cl)cc2N)C1=O. The van der Waals surface area contributed by atoms with Gasteiger partial charge in [0.1, 0.15) is 0 Å². The summed E-state index contributed by atoms with van der Waals surface area (Å²) in [6.07, 6.45) is 0.877. The van der Waals surface area contributed by atoms with Crippen molar-refractivity contribution < 1.29 is 4.79 Å². The van der Waals surface area contributed by atoms with Crippen LogP contribution in [0.25, 0.3) is 0 Å². The van der Waals surface area contributed by atoms with Crippen LogP contribution in [0, 0.1) is 0 Å². The number of hydrogen-bond acceptors (Lipinski definition) is 3. The van der Waals surface area contributed by atoms with E-state index in [1.165, 1.54) is 11.8 Å². The van der Waals surface area contributed by atoms with Crippen molar-refractivity contribution in [2.75, 3.05) is 19.3 Å². The minimum atomic E-state index is -0.00604. The Balaban J connectivity index is 2.12. The molecule has 1 heterocycles. The van der Waals surface area contributed by atoms with Gasteiger partial charge in [-0.1, -0.05) is 11.6 Å². The number of anilines is 1. The summed E-state index contributed by atoms with van der Waals surface area (Å²) in [6.45, 7) is 0.823. The maximum Gasteiger partial charge on any atom is 0.235 e. The number of nitrogens with two attached hydrogens (primary N) is 1. The summed E-state index contributed by atoms with van der Waals surface area (Å²) in [7, 11) is 1.83. The first-order chi connectivity index (χ1) is 7.58. The van der Waals surface area contributed by atoms with Crippen LogP contribution in [-0.2, 0) is 4.79 Å². The summed E-state index contributed by atoms with van der Waals surface area (Å²) in [5.74, 6) is 0.180. The van der Waals surface area contributed by atoms with Gasteiger partial charge in [-0.15, -0.1) is 11.8 Å². The van der Waals surface area contributed by atoms with Crippen LogP contribution in [0.5, 0.6) is 0 Å². The fourth-order valence-electron chi connectivity index (χ4n) is 1.68. The topological polar surface area (TPSA) is 46.3 Å². The van der Waals surface area contributed by atoms with Gasteiger partial charge in [-0.25, -0.2) is 0 Å². The Morgan fingerprint density at radius 2 is 2.31 bits per heavy atom. The van der Waals surface area contributed by atoms with Gasteiger partial charge in [-0.3, -0.25) is 4.79 Å². The lowest BCUT2D eigenvalue weighted by molar-refractivity contribution is -0.126. The van der Waals surface area contributed by atoms with Gasteiger partial charge < -0.3 is 10.6 Å². The summed E-state index contributed by atoms with van der Waals surface area (Å²) in [5, 5.41) is 0.616. The number of halogens is 1. The molecule has 1 aliphatic heterocycles. The van der Waals surface area contributed by atoms with Gasteiger partial charge in [0, 0.05) is 29.2 Å². The maximum absolute atomic E-state index is 11.7. The largest absolute Gasteiger partial charge is 0.398 e. The van der Waals surface area contributed by atoms with E-state index >= 15 is 0 Å². The molecule has 1 amide bonds. The van der Waals surface area contributed by atoms with Crippen LogP contribution < -0.4 is 5.73 Å². The van der Waals surface area contributed by atoms with E-state index in [-0.39, 0.29) is 11.2 Å². The van der Waals surface area contributed by atoms with Crippen molar-refractivity contribution in [3.05, 3.63) is 23.2 Å². The molecule has 0 unspecified atom stereocenters. The lowest BCUT2D eigenvalue weighted by atomic mass is 10.3. The van der Waals surface area contributed by atoms with Crippen molar-refractivity contribution in [1.29, 1.82) is 0 Å². The number of nitrogen functional groups attached to an aromatic ring is 1. The monoisotopic (exact) mass is 256 g/mol. The van der Waals surface area contributed by atoms with Crippen molar-refractivity contribution in [3.8, 4) is 0 Å². The van der Waals surface area contributed by atoms with Gasteiger partial charge in [0.2, 0.25) is 5.91 Å². The highest BCUT2D eigenvalue weighted by Crippen LogP contribution is 2.34. The predicted octanol–water partition coefficient (Wildman–Crippen LogP) is 2.24. The Kier molecular flexibility index (Phi) is 3.30. The van der Waals surface area contributed by atoms with Crippen LogP contribution in [0.15, 0.2) is 23.1 Å². The molecule has 0 aromatic heterocycles. The molecule has 16 heavy (non-hydrogen) atoms. The van der Waals surface area contributed by atoms with Crippen molar-refractivity contribution in [2.45, 2.75) is 16.6 Å². The maximum atomic E-state index is 11.7. The lowest BCUT2D eigenvalue weighted by Gasteiger charge is -2.11. The van der Waals surface area contributed by atoms with Gasteiger partial charge in [-0.2, -0.15) is 0 Å². The van der Waals surface area contributed by atoms with Gasteiger partial charge >= 0.3 is 0 Å². The van der Waals surface area contributed by atoms with Crippen LogP contribution >= 0.6 is 23.4 Å². The molecule has 2 N–H and O–H groups in total. The second-order valence-electron chi connectivity index (χ2n) is 3.84. The van der Waals surface area contributed by atoms with E-state index in [0.717, 1.165) is 17.9 Å². The molecule has 1 atom stereocenters. The normalized spacial score (nSPS) is 20.5. The van der Waals surface area contributed by atoms with Gasteiger partial charge in [0.15, 0.2) is 0 Å². The smallest absolute Gasteiger partial charge is 0.235 e. The molecular weight excluding hydrogens is 244 g/mol. The summed E-state index contributed by atoms with van der Waals surface area (Å²) >= 11 is 7.34. The zero-order valence-corrected chi connectivity index (χ0v) is 10.5. The van der Waals surface area contributed by atoms with Gasteiger partial charge in [0.05, 0.1) is 5.25 Å². The van der Waals surface area contributed by atoms with E-state index in [4.69, 9.17) is 17.3 Å². The molecule has 1 fully saturated rings. The molecule has 1 aromatic rings. The zero-order chi connectivity index (χ0) is 11.7. The first-order valence-corrected chi connectivity index (χ1v) is 6.30. The van der Waals surface area contributed by atoms with Gasteiger partial charge in [-0.05, 0) is 24.6 Å². The van der Waals surface area contributed by atoms with Crippen molar-refractivity contribution in [2.24, 2.45) is 0 Å². The standard InChI is InChI=1S/C11H13ClN2OS/c1-14-5-4-10(11(14)15)16-9-3-2-7(12)6-8(9)13/h2-3,6,10H,4-5,13H2,1H3/t10-/m0/s1. The number of thioether (sulfide) groups is 1. The minimum Gasteiger partial charge on any atom is -0.398 e. The Labute approximate surface area is 104 Å². The van der Waals surface area contributed by atoms with E-state index in [1.54, 1.807) is 17.0 Å². The Bertz CT molecular complexity index is 424. The highest BCUT2D eigenvalue weighted by molar-refractivity contribution is 8.00. The molecule has 0 radical (unpaired) electrons. The molecule has 1 aromatic carbocycles. The lowest BCUT2D eigenvalue weighted by Crippen LogP contribution is -2.23. The molecule has 0 spiro atoms. The minimum absolute atomic E-state index is 0.00604. The number of likely N-dealkylation sites (tertiary alicyclic amines) is 1. The number of nitrogens with zero attached hydrogens (tertiary/aromatic N) is 1. The van der Waals surface area contributed by atoms with E-state index in [9.17, 15) is 4.79 Å². The molecule has 0 saturated carbocycles. The summed E-state index contributed by atoms with van der Waals surface area (Å²) in [5.41, 5.74) is 6.49. The quantitative estimate of drug-likeness (QED) is 0.826. The first-order valence-electron chi connectivity index (χ1n) is 5.04. The van der Waals surface area contributed by atoms with Crippen molar-refractivity contribution >= 4 is 35.0 Å². The Morgan fingerprint density at radius 3 is 2.88 bits per heavy atom. The number of carbonyl (C=O) groups is 1. The fourth-order valence-corrected chi connectivity index (χ4v) is 3.01.